The Balaban J connectivity index is 1.96. The van der Waals surface area contributed by atoms with Gasteiger partial charge in [-0.1, -0.05) is 26.2 Å². The van der Waals surface area contributed by atoms with Crippen LogP contribution in [-0.4, -0.2) is 33.8 Å². The van der Waals surface area contributed by atoms with Gasteiger partial charge < -0.3 is 10.2 Å². The average molecular weight is 292 g/mol. The normalized spacial score (nSPS) is 36.5. The second kappa shape index (κ2) is 4.99. The van der Waals surface area contributed by atoms with E-state index >= 15 is 0 Å². The molecule has 3 rings (SSSR count). The van der Waals surface area contributed by atoms with Gasteiger partial charge in [-0.15, -0.1) is 0 Å². The van der Waals surface area contributed by atoms with Crippen LogP contribution in [0.25, 0.3) is 0 Å². The van der Waals surface area contributed by atoms with Gasteiger partial charge in [0, 0.05) is 5.54 Å². The van der Waals surface area contributed by atoms with E-state index in [-0.39, 0.29) is 23.4 Å². The Morgan fingerprint density at radius 1 is 1.14 bits per heavy atom. The molecule has 3 aliphatic rings. The lowest BCUT2D eigenvalue weighted by Gasteiger charge is -2.53. The van der Waals surface area contributed by atoms with Gasteiger partial charge in [-0.05, 0) is 51.9 Å². The second-order valence-corrected chi connectivity index (χ2v) is 7.62. The number of carbonyl (C=O) groups is 2. The Morgan fingerprint density at radius 2 is 1.76 bits per heavy atom. The third-order valence-electron chi connectivity index (χ3n) is 5.95. The van der Waals surface area contributed by atoms with Gasteiger partial charge in [0.25, 0.3) is 0 Å². The van der Waals surface area contributed by atoms with Crippen molar-refractivity contribution in [3.05, 3.63) is 0 Å². The van der Waals surface area contributed by atoms with E-state index in [0.29, 0.717) is 12.3 Å². The zero-order valence-corrected chi connectivity index (χ0v) is 13.6. The molecule has 0 aromatic heterocycles. The summed E-state index contributed by atoms with van der Waals surface area (Å²) in [6, 6.07) is -0.285. The van der Waals surface area contributed by atoms with Crippen molar-refractivity contribution in [2.75, 3.05) is 0 Å². The molecule has 1 aliphatic heterocycles. The summed E-state index contributed by atoms with van der Waals surface area (Å²) >= 11 is 0. The van der Waals surface area contributed by atoms with E-state index in [2.05, 4.69) is 12.2 Å². The highest BCUT2D eigenvalue weighted by atomic mass is 16.2. The molecule has 0 aromatic rings. The number of carbonyl (C=O) groups excluding carboxylic acids is 2. The first-order valence-corrected chi connectivity index (χ1v) is 8.58. The van der Waals surface area contributed by atoms with Crippen LogP contribution < -0.4 is 5.32 Å². The minimum Gasteiger partial charge on any atom is -0.340 e. The Morgan fingerprint density at radius 3 is 2.29 bits per heavy atom. The number of nitrogens with zero attached hydrogens (tertiary/aromatic N) is 1. The van der Waals surface area contributed by atoms with E-state index in [1.54, 1.807) is 0 Å². The summed E-state index contributed by atoms with van der Waals surface area (Å²) in [5.74, 6) is 0.556. The summed E-state index contributed by atoms with van der Waals surface area (Å²) in [6.45, 7) is 6.14. The lowest BCUT2D eigenvalue weighted by Crippen LogP contribution is -2.74. The van der Waals surface area contributed by atoms with E-state index in [1.807, 2.05) is 18.7 Å². The quantitative estimate of drug-likeness (QED) is 0.869. The summed E-state index contributed by atoms with van der Waals surface area (Å²) in [5, 5.41) is 3.06. The third-order valence-corrected chi connectivity index (χ3v) is 5.95. The minimum absolute atomic E-state index is 0.0540. The standard InChI is InChI=1S/C17H28N2O2/c1-4-13-14(20)18-17(3,12-8-9-12)15(21)19(13)16(2)10-6-5-7-11-16/h12-13H,4-11H2,1-3H3,(H,18,20). The molecule has 2 aliphatic carbocycles. The molecule has 0 aromatic carbocycles. The molecule has 0 spiro atoms. The first-order valence-electron chi connectivity index (χ1n) is 8.58. The maximum atomic E-state index is 13.3. The number of amides is 2. The third kappa shape index (κ3) is 2.27. The van der Waals surface area contributed by atoms with Gasteiger partial charge in [0.15, 0.2) is 0 Å². The van der Waals surface area contributed by atoms with Crippen molar-refractivity contribution >= 4 is 11.8 Å². The monoisotopic (exact) mass is 292 g/mol. The Kier molecular flexibility index (Phi) is 3.53. The highest BCUT2D eigenvalue weighted by molar-refractivity contribution is 6.00. The van der Waals surface area contributed by atoms with Crippen LogP contribution in [0, 0.1) is 5.92 Å². The topological polar surface area (TPSA) is 49.4 Å². The maximum absolute atomic E-state index is 13.3. The lowest BCUT2D eigenvalue weighted by atomic mass is 9.77. The molecule has 2 unspecified atom stereocenters. The van der Waals surface area contributed by atoms with Crippen molar-refractivity contribution in [2.45, 2.75) is 89.3 Å². The van der Waals surface area contributed by atoms with E-state index < -0.39 is 5.54 Å². The van der Waals surface area contributed by atoms with Crippen LogP contribution in [0.1, 0.15) is 72.1 Å². The van der Waals surface area contributed by atoms with E-state index in [1.165, 1.54) is 19.3 Å². The zero-order chi connectivity index (χ0) is 15.3. The molecule has 118 valence electrons. The Hall–Kier alpha value is -1.06. The van der Waals surface area contributed by atoms with Crippen molar-refractivity contribution in [3.8, 4) is 0 Å². The molecule has 1 saturated heterocycles. The average Bonchev–Trinajstić information content (AvgIpc) is 3.28. The highest BCUT2D eigenvalue weighted by Crippen LogP contribution is 2.45. The molecule has 2 saturated carbocycles. The van der Waals surface area contributed by atoms with Crippen molar-refractivity contribution in [1.29, 1.82) is 0 Å². The second-order valence-electron chi connectivity index (χ2n) is 7.62. The summed E-state index contributed by atoms with van der Waals surface area (Å²) < 4.78 is 0. The van der Waals surface area contributed by atoms with Gasteiger partial charge in [0.2, 0.25) is 11.8 Å². The zero-order valence-electron chi connectivity index (χ0n) is 13.6. The fourth-order valence-corrected chi connectivity index (χ4v) is 4.38. The molecule has 4 nitrogen and oxygen atoms in total. The van der Waals surface area contributed by atoms with Crippen LogP contribution in [0.3, 0.4) is 0 Å². The number of hydrogen-bond donors (Lipinski definition) is 1. The summed E-state index contributed by atoms with van der Waals surface area (Å²) in [5.41, 5.74) is -0.798. The fraction of sp³-hybridized carbons (Fsp3) is 0.882. The predicted molar refractivity (Wildman–Crippen MR) is 81.7 cm³/mol. The molecule has 2 atom stereocenters. The van der Waals surface area contributed by atoms with Gasteiger partial charge in [-0.25, -0.2) is 0 Å². The van der Waals surface area contributed by atoms with Crippen molar-refractivity contribution in [1.82, 2.24) is 10.2 Å². The van der Waals surface area contributed by atoms with Crippen LogP contribution in [-0.2, 0) is 9.59 Å². The van der Waals surface area contributed by atoms with Gasteiger partial charge in [0.1, 0.15) is 11.6 Å². The van der Waals surface area contributed by atoms with Crippen molar-refractivity contribution in [3.63, 3.8) is 0 Å². The molecule has 21 heavy (non-hydrogen) atoms. The lowest BCUT2D eigenvalue weighted by molar-refractivity contribution is -0.164. The van der Waals surface area contributed by atoms with Crippen LogP contribution in [0.4, 0.5) is 0 Å². The molecule has 1 heterocycles. The molecule has 0 bridgehead atoms. The van der Waals surface area contributed by atoms with Crippen molar-refractivity contribution < 1.29 is 9.59 Å². The molecule has 0 radical (unpaired) electrons. The summed E-state index contributed by atoms with van der Waals surface area (Å²) in [6.07, 6.45) is 8.46. The Bertz CT molecular complexity index is 452. The first kappa shape index (κ1) is 14.9. The number of piperazine rings is 1. The minimum atomic E-state index is -0.663. The SMILES string of the molecule is CCC1C(=O)NC(C)(C2CC2)C(=O)N1C1(C)CCCCC1. The maximum Gasteiger partial charge on any atom is 0.249 e. The molecule has 1 N–H and O–H groups in total. The molecule has 3 fully saturated rings. The fourth-order valence-electron chi connectivity index (χ4n) is 4.38. The smallest absolute Gasteiger partial charge is 0.249 e. The van der Waals surface area contributed by atoms with Crippen LogP contribution in [0.15, 0.2) is 0 Å². The van der Waals surface area contributed by atoms with Crippen LogP contribution in [0.5, 0.6) is 0 Å². The summed E-state index contributed by atoms with van der Waals surface area (Å²) in [7, 11) is 0. The number of hydrogen-bond acceptors (Lipinski definition) is 2. The van der Waals surface area contributed by atoms with E-state index in [0.717, 1.165) is 25.7 Å². The van der Waals surface area contributed by atoms with Gasteiger partial charge >= 0.3 is 0 Å². The van der Waals surface area contributed by atoms with Gasteiger partial charge in [-0.2, -0.15) is 0 Å². The van der Waals surface area contributed by atoms with Crippen LogP contribution in [0.2, 0.25) is 0 Å². The summed E-state index contributed by atoms with van der Waals surface area (Å²) in [4.78, 5) is 27.9. The first-order chi connectivity index (χ1) is 9.92. The van der Waals surface area contributed by atoms with E-state index in [4.69, 9.17) is 0 Å². The van der Waals surface area contributed by atoms with Gasteiger partial charge in [0.05, 0.1) is 0 Å². The molecule has 4 heteroatoms. The number of rotatable bonds is 3. The highest BCUT2D eigenvalue weighted by Gasteiger charge is 2.58. The molecular weight excluding hydrogens is 264 g/mol. The van der Waals surface area contributed by atoms with Gasteiger partial charge in [-0.3, -0.25) is 9.59 Å². The molecule has 2 amide bonds. The molecular formula is C17H28N2O2. The predicted octanol–water partition coefficient (Wildman–Crippen LogP) is 2.61. The largest absolute Gasteiger partial charge is 0.340 e. The Labute approximate surface area is 127 Å². The van der Waals surface area contributed by atoms with Crippen LogP contribution >= 0.6 is 0 Å². The van der Waals surface area contributed by atoms with Crippen molar-refractivity contribution in [2.24, 2.45) is 5.92 Å². The number of nitrogens with one attached hydrogen (secondary N) is 1. The van der Waals surface area contributed by atoms with E-state index in [9.17, 15) is 9.59 Å².